The smallest absolute Gasteiger partial charge is 0.275 e. The molecule has 0 saturated carbocycles. The summed E-state index contributed by atoms with van der Waals surface area (Å²) in [5.74, 6) is -1.98. The van der Waals surface area contributed by atoms with E-state index in [1.807, 2.05) is 0 Å². The number of benzene rings is 1. The van der Waals surface area contributed by atoms with Crippen molar-refractivity contribution in [3.8, 4) is 0 Å². The highest BCUT2D eigenvalue weighted by atomic mass is 35.5. The lowest BCUT2D eigenvalue weighted by Gasteiger charge is -2.07. The van der Waals surface area contributed by atoms with E-state index in [1.54, 1.807) is 6.92 Å². The quantitative estimate of drug-likeness (QED) is 0.823. The molecule has 0 fully saturated rings. The summed E-state index contributed by atoms with van der Waals surface area (Å²) < 4.78 is 36.9. The maximum absolute atomic E-state index is 14.1. The molecular weight excluding hydrogens is 335 g/mol. The maximum atomic E-state index is 14.1. The van der Waals surface area contributed by atoms with Gasteiger partial charge in [-0.25, -0.2) is 12.8 Å². The molecule has 0 amide bonds. The second-order valence-corrected chi connectivity index (χ2v) is 6.99. The molecule has 0 radical (unpaired) electrons. The number of halogens is 2. The molecule has 0 bridgehead atoms. The highest BCUT2D eigenvalue weighted by molar-refractivity contribution is 7.90. The molecule has 0 atom stereocenters. The number of hydrogen-bond donors (Lipinski definition) is 2. The molecule has 2 aromatic rings. The van der Waals surface area contributed by atoms with Gasteiger partial charge in [0.15, 0.2) is 15.7 Å². The summed E-state index contributed by atoms with van der Waals surface area (Å²) in [5.41, 5.74) is -0.730. The first-order valence-corrected chi connectivity index (χ1v) is 8.47. The van der Waals surface area contributed by atoms with Gasteiger partial charge in [-0.15, -0.1) is 0 Å². The highest BCUT2D eigenvalue weighted by Crippen LogP contribution is 2.27. The van der Waals surface area contributed by atoms with Crippen LogP contribution in [0.2, 0.25) is 5.02 Å². The minimum absolute atomic E-state index is 0.170. The molecule has 0 saturated heterocycles. The molecule has 6 nitrogen and oxygen atoms in total. The van der Waals surface area contributed by atoms with Crippen LogP contribution in [-0.4, -0.2) is 30.7 Å². The Bertz CT molecular complexity index is 915. The number of ketones is 1. The number of aryl methyl sites for hydroxylation is 1. The molecule has 1 heterocycles. The minimum Gasteiger partial charge on any atom is -0.302 e. The van der Waals surface area contributed by atoms with E-state index in [9.17, 15) is 22.4 Å². The second kappa shape index (κ2) is 5.69. The van der Waals surface area contributed by atoms with Crippen molar-refractivity contribution in [2.45, 2.75) is 18.2 Å². The second-order valence-electron chi connectivity index (χ2n) is 4.63. The summed E-state index contributed by atoms with van der Waals surface area (Å²) in [4.78, 5) is 23.5. The van der Waals surface area contributed by atoms with Crippen LogP contribution in [0.4, 0.5) is 4.39 Å². The van der Waals surface area contributed by atoms with Crippen LogP contribution in [0.5, 0.6) is 0 Å². The molecule has 0 aliphatic rings. The minimum atomic E-state index is -3.82. The molecule has 0 aliphatic heterocycles. The zero-order valence-electron chi connectivity index (χ0n) is 11.7. The van der Waals surface area contributed by atoms with E-state index in [0.29, 0.717) is 12.1 Å². The molecule has 118 valence electrons. The average Bonchev–Trinajstić information content (AvgIpc) is 2.80. The topological polar surface area (TPSA) is 99.9 Å². The number of rotatable bonds is 4. The summed E-state index contributed by atoms with van der Waals surface area (Å²) in [5, 5.41) is 4.20. The van der Waals surface area contributed by atoms with Gasteiger partial charge in [-0.05, 0) is 18.6 Å². The van der Waals surface area contributed by atoms with Gasteiger partial charge in [0.25, 0.3) is 5.56 Å². The fourth-order valence-corrected chi connectivity index (χ4v) is 3.08. The highest BCUT2D eigenvalue weighted by Gasteiger charge is 2.25. The number of H-pyrrole nitrogens is 2. The van der Waals surface area contributed by atoms with Crippen LogP contribution in [0.3, 0.4) is 0 Å². The predicted molar refractivity (Wildman–Crippen MR) is 78.7 cm³/mol. The van der Waals surface area contributed by atoms with Gasteiger partial charge in [0.1, 0.15) is 10.5 Å². The van der Waals surface area contributed by atoms with Crippen LogP contribution >= 0.6 is 11.6 Å². The lowest BCUT2D eigenvalue weighted by molar-refractivity contribution is 0.103. The largest absolute Gasteiger partial charge is 0.302 e. The summed E-state index contributed by atoms with van der Waals surface area (Å²) in [7, 11) is -3.82. The van der Waals surface area contributed by atoms with Gasteiger partial charge in [-0.1, -0.05) is 18.5 Å². The van der Waals surface area contributed by atoms with E-state index in [4.69, 9.17) is 11.6 Å². The van der Waals surface area contributed by atoms with E-state index < -0.39 is 36.9 Å². The van der Waals surface area contributed by atoms with Crippen LogP contribution in [0.15, 0.2) is 21.8 Å². The Morgan fingerprint density at radius 3 is 2.50 bits per heavy atom. The number of sulfone groups is 1. The Morgan fingerprint density at radius 2 is 1.95 bits per heavy atom. The van der Waals surface area contributed by atoms with Crippen molar-refractivity contribution in [1.82, 2.24) is 10.2 Å². The van der Waals surface area contributed by atoms with Gasteiger partial charge in [0.2, 0.25) is 5.78 Å². The van der Waals surface area contributed by atoms with Crippen molar-refractivity contribution in [2.75, 3.05) is 6.26 Å². The Hall–Kier alpha value is -1.93. The number of hydrogen-bond acceptors (Lipinski definition) is 4. The molecule has 9 heteroatoms. The van der Waals surface area contributed by atoms with Crippen molar-refractivity contribution in [2.24, 2.45) is 0 Å². The molecule has 22 heavy (non-hydrogen) atoms. The van der Waals surface area contributed by atoms with E-state index in [2.05, 4.69) is 10.2 Å². The van der Waals surface area contributed by atoms with Gasteiger partial charge in [0, 0.05) is 17.5 Å². The predicted octanol–water partition coefficient (Wildman–Crippen LogP) is 1.69. The fraction of sp³-hybridized carbons (Fsp3) is 0.231. The standard InChI is InChI=1S/C13H12ClFN2O4S/c1-3-7-9(13(19)17-16-7)12(18)6-4-5-8(22(2,20)21)11(15)10(6)14/h4-5H,3H2,1-2H3,(H2,16,17,19). The van der Waals surface area contributed by atoms with Crippen molar-refractivity contribution in [3.63, 3.8) is 0 Å². The van der Waals surface area contributed by atoms with E-state index in [-0.39, 0.29) is 11.1 Å². The van der Waals surface area contributed by atoms with Gasteiger partial charge in [0.05, 0.1) is 5.02 Å². The van der Waals surface area contributed by atoms with Gasteiger partial charge < -0.3 is 5.10 Å². The van der Waals surface area contributed by atoms with Crippen LogP contribution in [0.25, 0.3) is 0 Å². The van der Waals surface area contributed by atoms with Gasteiger partial charge in [-0.2, -0.15) is 0 Å². The third-order valence-corrected chi connectivity index (χ3v) is 4.61. The fourth-order valence-electron chi connectivity index (χ4n) is 2.03. The third-order valence-electron chi connectivity index (χ3n) is 3.13. The van der Waals surface area contributed by atoms with Crippen LogP contribution in [0.1, 0.15) is 28.5 Å². The molecular formula is C13H12ClFN2O4S. The normalized spacial score (nSPS) is 11.6. The number of aromatic amines is 2. The first-order chi connectivity index (χ1) is 10.2. The first-order valence-electron chi connectivity index (χ1n) is 6.20. The van der Waals surface area contributed by atoms with Crippen LogP contribution in [0, 0.1) is 5.82 Å². The lowest BCUT2D eigenvalue weighted by atomic mass is 10.0. The Balaban J connectivity index is 2.64. The van der Waals surface area contributed by atoms with E-state index in [0.717, 1.165) is 18.4 Å². The summed E-state index contributed by atoms with van der Waals surface area (Å²) in [6.07, 6.45) is 1.20. The SMILES string of the molecule is CCc1[nH][nH]c(=O)c1C(=O)c1ccc(S(C)(=O)=O)c(F)c1Cl. The summed E-state index contributed by atoms with van der Waals surface area (Å²) in [6.45, 7) is 1.73. The number of nitrogens with one attached hydrogen (secondary N) is 2. The zero-order chi connectivity index (χ0) is 16.7. The molecule has 1 aromatic heterocycles. The van der Waals surface area contributed by atoms with Crippen LogP contribution < -0.4 is 5.56 Å². The first kappa shape index (κ1) is 16.4. The lowest BCUT2D eigenvalue weighted by Crippen LogP contribution is -2.16. The molecule has 0 spiro atoms. The molecule has 0 aliphatic carbocycles. The van der Waals surface area contributed by atoms with Crippen molar-refractivity contribution < 1.29 is 17.6 Å². The Labute approximate surface area is 130 Å². The summed E-state index contributed by atoms with van der Waals surface area (Å²) in [6, 6.07) is 2.05. The number of carbonyl (C=O) groups is 1. The van der Waals surface area contributed by atoms with E-state index in [1.165, 1.54) is 0 Å². The Morgan fingerprint density at radius 1 is 1.32 bits per heavy atom. The van der Waals surface area contributed by atoms with Gasteiger partial charge >= 0.3 is 0 Å². The van der Waals surface area contributed by atoms with Crippen LogP contribution in [-0.2, 0) is 16.3 Å². The Kier molecular flexibility index (Phi) is 4.25. The van der Waals surface area contributed by atoms with Crippen molar-refractivity contribution in [3.05, 3.63) is 50.1 Å². The zero-order valence-corrected chi connectivity index (χ0v) is 13.2. The van der Waals surface area contributed by atoms with Crippen molar-refractivity contribution >= 4 is 27.2 Å². The summed E-state index contributed by atoms with van der Waals surface area (Å²) >= 11 is 5.78. The number of aromatic nitrogens is 2. The molecule has 2 rings (SSSR count). The molecule has 0 unspecified atom stereocenters. The third kappa shape index (κ3) is 2.71. The monoisotopic (exact) mass is 346 g/mol. The average molecular weight is 347 g/mol. The number of carbonyl (C=O) groups excluding carboxylic acids is 1. The maximum Gasteiger partial charge on any atom is 0.275 e. The van der Waals surface area contributed by atoms with Crippen molar-refractivity contribution in [1.29, 1.82) is 0 Å². The van der Waals surface area contributed by atoms with Gasteiger partial charge in [-0.3, -0.25) is 14.7 Å². The molecule has 2 N–H and O–H groups in total. The van der Waals surface area contributed by atoms with E-state index >= 15 is 0 Å². The molecule has 1 aromatic carbocycles.